The van der Waals surface area contributed by atoms with E-state index in [1.165, 1.54) is 18.2 Å². The Balaban J connectivity index is 1.63. The standard InChI is InChI=1S/C19H16FN5O/c20-12-2-1-3-16(6-12)25-11-15(10-22-25)23-13-4-5-18-17(7-13)19(26)8-14(9-21)24-18/h1-8,10-11,23H,9,21H2,(H,24,26). The number of halogens is 1. The third kappa shape index (κ3) is 3.07. The van der Waals surface area contributed by atoms with E-state index >= 15 is 0 Å². The van der Waals surface area contributed by atoms with Gasteiger partial charge in [-0.2, -0.15) is 5.10 Å². The minimum absolute atomic E-state index is 0.0849. The van der Waals surface area contributed by atoms with E-state index in [0.29, 0.717) is 16.8 Å². The van der Waals surface area contributed by atoms with Crippen LogP contribution in [0.3, 0.4) is 0 Å². The minimum Gasteiger partial charge on any atom is -0.357 e. The minimum atomic E-state index is -0.321. The molecule has 26 heavy (non-hydrogen) atoms. The van der Waals surface area contributed by atoms with E-state index in [1.807, 2.05) is 12.1 Å². The van der Waals surface area contributed by atoms with E-state index in [2.05, 4.69) is 15.4 Å². The first-order valence-electron chi connectivity index (χ1n) is 8.06. The Hall–Kier alpha value is -3.45. The molecule has 0 saturated heterocycles. The third-order valence-corrected chi connectivity index (χ3v) is 4.05. The number of anilines is 2. The largest absolute Gasteiger partial charge is 0.357 e. The topological polar surface area (TPSA) is 88.7 Å². The number of H-pyrrole nitrogens is 1. The van der Waals surface area contributed by atoms with E-state index < -0.39 is 0 Å². The number of hydrogen-bond donors (Lipinski definition) is 3. The molecule has 2 aromatic carbocycles. The zero-order chi connectivity index (χ0) is 18.1. The second kappa shape index (κ2) is 6.45. The quantitative estimate of drug-likeness (QED) is 0.528. The fraction of sp³-hybridized carbons (Fsp3) is 0.0526. The molecule has 130 valence electrons. The molecule has 2 aromatic heterocycles. The van der Waals surface area contributed by atoms with Gasteiger partial charge in [0.05, 0.1) is 23.8 Å². The summed E-state index contributed by atoms with van der Waals surface area (Å²) in [4.78, 5) is 15.4. The van der Waals surface area contributed by atoms with Gasteiger partial charge in [0.2, 0.25) is 0 Å². The SMILES string of the molecule is NCc1cc(=O)c2cc(Nc3cnn(-c4cccc(F)c4)c3)ccc2[nH]1. The van der Waals surface area contributed by atoms with Crippen molar-refractivity contribution < 1.29 is 4.39 Å². The molecule has 6 nitrogen and oxygen atoms in total. The molecular formula is C19H16FN5O. The molecule has 0 unspecified atom stereocenters. The molecule has 7 heteroatoms. The number of aromatic amines is 1. The van der Waals surface area contributed by atoms with E-state index in [9.17, 15) is 9.18 Å². The summed E-state index contributed by atoms with van der Waals surface area (Å²) in [7, 11) is 0. The van der Waals surface area contributed by atoms with Crippen molar-refractivity contribution >= 4 is 22.3 Å². The molecule has 0 saturated carbocycles. The molecule has 0 bridgehead atoms. The lowest BCUT2D eigenvalue weighted by Gasteiger charge is -2.06. The van der Waals surface area contributed by atoms with E-state index in [1.54, 1.807) is 35.3 Å². The van der Waals surface area contributed by atoms with Crippen molar-refractivity contribution in [3.05, 3.63) is 82.7 Å². The maximum absolute atomic E-state index is 13.3. The molecule has 2 heterocycles. The average Bonchev–Trinajstić information content (AvgIpc) is 3.10. The second-order valence-corrected chi connectivity index (χ2v) is 5.90. The van der Waals surface area contributed by atoms with Crippen LogP contribution >= 0.6 is 0 Å². The highest BCUT2D eigenvalue weighted by molar-refractivity contribution is 5.83. The summed E-state index contributed by atoms with van der Waals surface area (Å²) >= 11 is 0. The van der Waals surface area contributed by atoms with Crippen LogP contribution in [-0.2, 0) is 6.54 Å². The van der Waals surface area contributed by atoms with Crippen LogP contribution in [0.2, 0.25) is 0 Å². The molecule has 4 rings (SSSR count). The van der Waals surface area contributed by atoms with Crippen LogP contribution in [0.25, 0.3) is 16.6 Å². The highest BCUT2D eigenvalue weighted by Gasteiger charge is 2.06. The van der Waals surface area contributed by atoms with Gasteiger partial charge in [0.1, 0.15) is 5.82 Å². The predicted octanol–water partition coefficient (Wildman–Crippen LogP) is 3.06. The molecule has 0 spiro atoms. The number of rotatable bonds is 4. The van der Waals surface area contributed by atoms with Crippen molar-refractivity contribution in [3.63, 3.8) is 0 Å². The smallest absolute Gasteiger partial charge is 0.189 e. The van der Waals surface area contributed by atoms with Gasteiger partial charge in [-0.1, -0.05) is 6.07 Å². The molecule has 0 aliphatic heterocycles. The van der Waals surface area contributed by atoms with Gasteiger partial charge in [0.25, 0.3) is 0 Å². The van der Waals surface area contributed by atoms with Gasteiger partial charge in [-0.05, 0) is 36.4 Å². The van der Waals surface area contributed by atoms with Gasteiger partial charge in [0, 0.05) is 34.9 Å². The van der Waals surface area contributed by atoms with Crippen LogP contribution in [0.4, 0.5) is 15.8 Å². The van der Waals surface area contributed by atoms with Crippen LogP contribution in [0.5, 0.6) is 0 Å². The Kier molecular flexibility index (Phi) is 3.98. The Labute approximate surface area is 148 Å². The summed E-state index contributed by atoms with van der Waals surface area (Å²) in [6.45, 7) is 0.282. The highest BCUT2D eigenvalue weighted by Crippen LogP contribution is 2.21. The first kappa shape index (κ1) is 16.0. The van der Waals surface area contributed by atoms with E-state index in [4.69, 9.17) is 5.73 Å². The maximum atomic E-state index is 13.3. The lowest BCUT2D eigenvalue weighted by molar-refractivity contribution is 0.625. The van der Waals surface area contributed by atoms with E-state index in [0.717, 1.165) is 16.9 Å². The molecule has 4 aromatic rings. The Morgan fingerprint density at radius 2 is 2.04 bits per heavy atom. The summed E-state index contributed by atoms with van der Waals surface area (Å²) in [6, 6.07) is 13.2. The van der Waals surface area contributed by atoms with Crippen molar-refractivity contribution in [2.45, 2.75) is 6.54 Å². The number of nitrogens with one attached hydrogen (secondary N) is 2. The van der Waals surface area contributed by atoms with Crippen molar-refractivity contribution in [2.24, 2.45) is 5.73 Å². The fourth-order valence-corrected chi connectivity index (χ4v) is 2.80. The van der Waals surface area contributed by atoms with Gasteiger partial charge in [0.15, 0.2) is 5.43 Å². The van der Waals surface area contributed by atoms with Crippen LogP contribution in [0.1, 0.15) is 5.69 Å². The van der Waals surface area contributed by atoms with Crippen LogP contribution in [0, 0.1) is 5.82 Å². The first-order valence-corrected chi connectivity index (χ1v) is 8.06. The summed E-state index contributed by atoms with van der Waals surface area (Å²) in [6.07, 6.45) is 3.39. The van der Waals surface area contributed by atoms with Crippen LogP contribution in [-0.4, -0.2) is 14.8 Å². The zero-order valence-corrected chi connectivity index (χ0v) is 13.7. The number of hydrogen-bond acceptors (Lipinski definition) is 4. The summed E-state index contributed by atoms with van der Waals surface area (Å²) in [5.74, 6) is -0.321. The number of benzene rings is 2. The summed E-state index contributed by atoms with van der Waals surface area (Å²) in [5, 5.41) is 8.01. The average molecular weight is 349 g/mol. The number of aromatic nitrogens is 3. The molecule has 0 fully saturated rings. The molecule has 4 N–H and O–H groups in total. The van der Waals surface area contributed by atoms with Gasteiger partial charge >= 0.3 is 0 Å². The molecule has 0 amide bonds. The van der Waals surface area contributed by atoms with Crippen LogP contribution in [0.15, 0.2) is 65.7 Å². The zero-order valence-electron chi connectivity index (χ0n) is 13.7. The molecule has 0 aliphatic rings. The van der Waals surface area contributed by atoms with Crippen molar-refractivity contribution in [1.29, 1.82) is 0 Å². The van der Waals surface area contributed by atoms with Gasteiger partial charge in [-0.15, -0.1) is 0 Å². The Morgan fingerprint density at radius 1 is 1.15 bits per heavy atom. The lowest BCUT2D eigenvalue weighted by atomic mass is 10.1. The normalized spacial score (nSPS) is 11.0. The predicted molar refractivity (Wildman–Crippen MR) is 99.3 cm³/mol. The van der Waals surface area contributed by atoms with Gasteiger partial charge in [-0.25, -0.2) is 9.07 Å². The fourth-order valence-electron chi connectivity index (χ4n) is 2.80. The number of fused-ring (bicyclic) bond motifs is 1. The highest BCUT2D eigenvalue weighted by atomic mass is 19.1. The Bertz CT molecular complexity index is 1150. The molecule has 0 atom stereocenters. The van der Waals surface area contributed by atoms with Gasteiger partial charge < -0.3 is 16.0 Å². The van der Waals surface area contributed by atoms with Gasteiger partial charge in [-0.3, -0.25) is 4.79 Å². The van der Waals surface area contributed by atoms with Crippen molar-refractivity contribution in [2.75, 3.05) is 5.32 Å². The molecule has 0 radical (unpaired) electrons. The summed E-state index contributed by atoms with van der Waals surface area (Å²) < 4.78 is 14.9. The first-order chi connectivity index (χ1) is 12.6. The van der Waals surface area contributed by atoms with Crippen molar-refractivity contribution in [3.8, 4) is 5.69 Å². The van der Waals surface area contributed by atoms with E-state index in [-0.39, 0.29) is 17.8 Å². The number of pyridine rings is 1. The third-order valence-electron chi connectivity index (χ3n) is 4.05. The summed E-state index contributed by atoms with van der Waals surface area (Å²) in [5.41, 5.74) is 9.04. The Morgan fingerprint density at radius 3 is 2.85 bits per heavy atom. The number of nitrogens with zero attached hydrogens (tertiary/aromatic N) is 2. The monoisotopic (exact) mass is 349 g/mol. The van der Waals surface area contributed by atoms with Crippen molar-refractivity contribution in [1.82, 2.24) is 14.8 Å². The lowest BCUT2D eigenvalue weighted by Crippen LogP contribution is -2.08. The molecule has 0 aliphatic carbocycles. The maximum Gasteiger partial charge on any atom is 0.189 e. The van der Waals surface area contributed by atoms with Crippen LogP contribution < -0.4 is 16.5 Å². The second-order valence-electron chi connectivity index (χ2n) is 5.90. The molecular weight excluding hydrogens is 333 g/mol. The number of nitrogens with two attached hydrogens (primary N) is 1.